The van der Waals surface area contributed by atoms with Gasteiger partial charge in [-0.1, -0.05) is 54.6 Å². The van der Waals surface area contributed by atoms with Crippen molar-refractivity contribution in [3.63, 3.8) is 0 Å². The smallest absolute Gasteiger partial charge is 0.253 e. The number of aromatic nitrogens is 2. The summed E-state index contributed by atoms with van der Waals surface area (Å²) in [6, 6.07) is 25.4. The molecule has 4 rings (SSSR count). The number of carbonyl (C=O) groups is 1. The Bertz CT molecular complexity index is 1180. The normalized spacial score (nSPS) is 11.6. The van der Waals surface area contributed by atoms with Crippen molar-refractivity contribution in [1.82, 2.24) is 9.55 Å². The predicted octanol–water partition coefficient (Wildman–Crippen LogP) is 4.17. The lowest BCUT2D eigenvalue weighted by molar-refractivity contribution is -0.117. The van der Waals surface area contributed by atoms with Crippen LogP contribution in [0.3, 0.4) is 0 Å². The Kier molecular flexibility index (Phi) is 5.47. The van der Waals surface area contributed by atoms with Crippen molar-refractivity contribution in [2.24, 2.45) is 4.99 Å². The first-order valence-corrected chi connectivity index (χ1v) is 9.48. The van der Waals surface area contributed by atoms with Gasteiger partial charge in [0, 0.05) is 18.3 Å². The predicted molar refractivity (Wildman–Crippen MR) is 111 cm³/mol. The Morgan fingerprint density at radius 1 is 0.966 bits per heavy atom. The van der Waals surface area contributed by atoms with Gasteiger partial charge < -0.3 is 8.98 Å². The van der Waals surface area contributed by atoms with Crippen LogP contribution in [-0.4, -0.2) is 15.5 Å². The molecule has 0 unspecified atom stereocenters. The van der Waals surface area contributed by atoms with Crippen LogP contribution in [0.25, 0.3) is 11.5 Å². The largest absolute Gasteiger partial charge is 0.441 e. The Balaban J connectivity index is 1.56. The van der Waals surface area contributed by atoms with E-state index >= 15 is 0 Å². The number of carbonyl (C=O) groups excluding carboxylic acids is 1. The van der Waals surface area contributed by atoms with Crippen molar-refractivity contribution in [3.8, 4) is 11.5 Å². The maximum Gasteiger partial charge on any atom is 0.253 e. The zero-order valence-corrected chi connectivity index (χ0v) is 16.2. The van der Waals surface area contributed by atoms with Crippen molar-refractivity contribution in [3.05, 3.63) is 108 Å². The summed E-state index contributed by atoms with van der Waals surface area (Å²) in [6.07, 6.45) is 2.02. The summed E-state index contributed by atoms with van der Waals surface area (Å²) in [5.74, 6) is 0.899. The minimum Gasteiger partial charge on any atom is -0.441 e. The summed E-state index contributed by atoms with van der Waals surface area (Å²) in [5, 5.41) is 0. The average molecular weight is 383 g/mol. The molecule has 0 bridgehead atoms. The number of nitrogens with zero attached hydrogens (tertiary/aromatic N) is 3. The number of oxazole rings is 1. The first-order valence-electron chi connectivity index (χ1n) is 9.48. The quantitative estimate of drug-likeness (QED) is 0.520. The summed E-state index contributed by atoms with van der Waals surface area (Å²) in [5.41, 5.74) is 3.26. The molecule has 5 nitrogen and oxygen atoms in total. The van der Waals surface area contributed by atoms with Gasteiger partial charge >= 0.3 is 0 Å². The molecule has 0 N–H and O–H groups in total. The number of hydrogen-bond acceptors (Lipinski definition) is 3. The minimum absolute atomic E-state index is 0.0996. The summed E-state index contributed by atoms with van der Waals surface area (Å²) in [7, 11) is 0. The van der Waals surface area contributed by atoms with Crippen molar-refractivity contribution >= 4 is 5.91 Å². The molecule has 0 aliphatic carbocycles. The molecule has 1 amide bonds. The monoisotopic (exact) mass is 383 g/mol. The lowest BCUT2D eigenvalue weighted by atomic mass is 10.2. The zero-order valence-electron chi connectivity index (χ0n) is 16.2. The van der Waals surface area contributed by atoms with Gasteiger partial charge in [-0.15, -0.1) is 0 Å². The van der Waals surface area contributed by atoms with Crippen LogP contribution in [-0.2, 0) is 17.8 Å². The summed E-state index contributed by atoms with van der Waals surface area (Å²) < 4.78 is 7.70. The van der Waals surface area contributed by atoms with Crippen LogP contribution in [0.2, 0.25) is 0 Å². The minimum atomic E-state index is -0.256. The number of amides is 1. The summed E-state index contributed by atoms with van der Waals surface area (Å²) in [4.78, 5) is 21.4. The Morgan fingerprint density at radius 3 is 2.41 bits per heavy atom. The Morgan fingerprint density at radius 2 is 1.66 bits per heavy atom. The van der Waals surface area contributed by atoms with Crippen molar-refractivity contribution in [1.29, 1.82) is 0 Å². The van der Waals surface area contributed by atoms with E-state index < -0.39 is 0 Å². The fourth-order valence-electron chi connectivity index (χ4n) is 3.09. The molecule has 0 aliphatic heterocycles. The lowest BCUT2D eigenvalue weighted by Gasteiger charge is -2.07. The number of benzene rings is 2. The van der Waals surface area contributed by atoms with Crippen LogP contribution in [0, 0.1) is 6.92 Å². The summed E-state index contributed by atoms with van der Waals surface area (Å²) >= 11 is 0. The van der Waals surface area contributed by atoms with Gasteiger partial charge in [-0.25, -0.2) is 4.98 Å². The topological polar surface area (TPSA) is 60.4 Å². The maximum atomic E-state index is 12.6. The number of aryl methyl sites for hydroxylation is 1. The third-order valence-corrected chi connectivity index (χ3v) is 4.58. The van der Waals surface area contributed by atoms with E-state index in [1.54, 1.807) is 0 Å². The molecule has 2 aromatic heterocycles. The van der Waals surface area contributed by atoms with Crippen molar-refractivity contribution in [2.75, 3.05) is 0 Å². The molecular weight excluding hydrogens is 362 g/mol. The first-order chi connectivity index (χ1) is 14.2. The van der Waals surface area contributed by atoms with Gasteiger partial charge in [0.25, 0.3) is 5.91 Å². The fourth-order valence-corrected chi connectivity index (χ4v) is 3.09. The molecule has 0 aliphatic rings. The second-order valence-corrected chi connectivity index (χ2v) is 6.74. The van der Waals surface area contributed by atoms with Gasteiger partial charge in [0.15, 0.2) is 0 Å². The molecule has 2 heterocycles. The van der Waals surface area contributed by atoms with Crippen molar-refractivity contribution in [2.45, 2.75) is 19.9 Å². The SMILES string of the molecule is Cc1oc(-c2ccccc2)nc1CC(=O)N=c1ccccn1Cc1ccccc1. The molecule has 0 fully saturated rings. The van der Waals surface area contributed by atoms with Crippen LogP contribution >= 0.6 is 0 Å². The van der Waals surface area contributed by atoms with Gasteiger partial charge in [0.05, 0.1) is 12.1 Å². The van der Waals surface area contributed by atoms with Gasteiger partial charge in [-0.3, -0.25) is 4.79 Å². The van der Waals surface area contributed by atoms with E-state index in [-0.39, 0.29) is 12.3 Å². The molecule has 144 valence electrons. The molecule has 29 heavy (non-hydrogen) atoms. The second kappa shape index (κ2) is 8.52. The molecule has 0 spiro atoms. The Labute approximate surface area is 169 Å². The van der Waals surface area contributed by atoms with Gasteiger partial charge in [0.1, 0.15) is 11.2 Å². The van der Waals surface area contributed by atoms with E-state index in [1.807, 2.05) is 84.4 Å². The molecule has 0 atom stereocenters. The summed E-state index contributed by atoms with van der Waals surface area (Å²) in [6.45, 7) is 2.47. The third-order valence-electron chi connectivity index (χ3n) is 4.58. The van der Waals surface area contributed by atoms with Crippen LogP contribution in [0.15, 0.2) is 94.5 Å². The van der Waals surface area contributed by atoms with E-state index in [0.29, 0.717) is 29.4 Å². The van der Waals surface area contributed by atoms with E-state index in [2.05, 4.69) is 22.1 Å². The highest BCUT2D eigenvalue weighted by atomic mass is 16.4. The molecule has 0 saturated heterocycles. The highest BCUT2D eigenvalue weighted by Gasteiger charge is 2.14. The maximum absolute atomic E-state index is 12.6. The number of pyridine rings is 1. The molecular formula is C24H21N3O2. The third kappa shape index (κ3) is 4.58. The number of hydrogen-bond donors (Lipinski definition) is 0. The zero-order chi connectivity index (χ0) is 20.1. The van der Waals surface area contributed by atoms with Gasteiger partial charge in [-0.2, -0.15) is 4.99 Å². The van der Waals surface area contributed by atoms with Crippen molar-refractivity contribution < 1.29 is 9.21 Å². The van der Waals surface area contributed by atoms with Crippen LogP contribution in [0.4, 0.5) is 0 Å². The first kappa shape index (κ1) is 18.6. The van der Waals surface area contributed by atoms with Gasteiger partial charge in [-0.05, 0) is 36.8 Å². The number of rotatable bonds is 5. The standard InChI is InChI=1S/C24H21N3O2/c1-18-21(25-24(29-18)20-12-6-3-7-13-20)16-23(28)26-22-14-8-9-15-27(22)17-19-10-4-2-5-11-19/h2-15H,16-17H2,1H3. The molecule has 5 heteroatoms. The Hall–Kier alpha value is -3.73. The molecule has 4 aromatic rings. The van der Waals surface area contributed by atoms with Crippen LogP contribution in [0.5, 0.6) is 0 Å². The highest BCUT2D eigenvalue weighted by molar-refractivity contribution is 5.79. The lowest BCUT2D eigenvalue weighted by Crippen LogP contribution is -2.22. The molecule has 0 saturated carbocycles. The van der Waals surface area contributed by atoms with Crippen LogP contribution < -0.4 is 5.49 Å². The average Bonchev–Trinajstić information content (AvgIpc) is 3.11. The molecule has 2 aromatic carbocycles. The van der Waals surface area contributed by atoms with Crippen LogP contribution in [0.1, 0.15) is 17.0 Å². The van der Waals surface area contributed by atoms with E-state index in [4.69, 9.17) is 4.42 Å². The highest BCUT2D eigenvalue weighted by Crippen LogP contribution is 2.21. The fraction of sp³-hybridized carbons (Fsp3) is 0.125. The van der Waals surface area contributed by atoms with E-state index in [1.165, 1.54) is 0 Å². The van der Waals surface area contributed by atoms with E-state index in [0.717, 1.165) is 11.1 Å². The van der Waals surface area contributed by atoms with E-state index in [9.17, 15) is 4.79 Å². The molecule has 0 radical (unpaired) electrons. The second-order valence-electron chi connectivity index (χ2n) is 6.74. The van der Waals surface area contributed by atoms with Gasteiger partial charge in [0.2, 0.25) is 5.89 Å².